The highest BCUT2D eigenvalue weighted by Gasteiger charge is 2.08. The molecule has 1 aromatic carbocycles. The van der Waals surface area contributed by atoms with Gasteiger partial charge in [0.15, 0.2) is 0 Å². The Bertz CT molecular complexity index is 708. The summed E-state index contributed by atoms with van der Waals surface area (Å²) in [6.07, 6.45) is 1.14. The molecular formula is C13H17N3O2S2. The molecule has 0 amide bonds. The zero-order valence-electron chi connectivity index (χ0n) is 11.6. The van der Waals surface area contributed by atoms with Gasteiger partial charge in [-0.15, -0.1) is 11.3 Å². The Hall–Kier alpha value is -1.60. The molecule has 1 heterocycles. The average Bonchev–Trinajstić information content (AvgIpc) is 2.65. The maximum absolute atomic E-state index is 11.3. The lowest BCUT2D eigenvalue weighted by Crippen LogP contribution is -2.11. The van der Waals surface area contributed by atoms with Gasteiger partial charge in [0.2, 0.25) is 10.0 Å². The second kappa shape index (κ2) is 5.80. The lowest BCUT2D eigenvalue weighted by Gasteiger charge is -2.12. The molecule has 0 radical (unpaired) electrons. The van der Waals surface area contributed by atoms with E-state index >= 15 is 0 Å². The van der Waals surface area contributed by atoms with Crippen molar-refractivity contribution in [3.63, 3.8) is 0 Å². The van der Waals surface area contributed by atoms with Crippen molar-refractivity contribution in [3.8, 4) is 0 Å². The van der Waals surface area contributed by atoms with Crippen molar-refractivity contribution in [2.75, 3.05) is 16.3 Å². The van der Waals surface area contributed by atoms with Crippen LogP contribution in [0.4, 0.5) is 11.4 Å². The minimum atomic E-state index is -3.29. The fourth-order valence-corrected chi connectivity index (χ4v) is 3.29. The average molecular weight is 311 g/mol. The van der Waals surface area contributed by atoms with Crippen LogP contribution in [0.2, 0.25) is 0 Å². The number of para-hydroxylation sites is 2. The number of hydrogen-bond acceptors (Lipinski definition) is 5. The van der Waals surface area contributed by atoms with Crippen molar-refractivity contribution >= 4 is 32.7 Å². The SMILES string of the molecule is Cc1nc(C)c(CNc2ccccc2NS(C)(=O)=O)s1. The number of aryl methyl sites for hydroxylation is 2. The van der Waals surface area contributed by atoms with E-state index in [0.717, 1.165) is 27.5 Å². The van der Waals surface area contributed by atoms with E-state index in [1.165, 1.54) is 0 Å². The van der Waals surface area contributed by atoms with Gasteiger partial charge in [-0.25, -0.2) is 13.4 Å². The molecule has 0 aliphatic rings. The normalized spacial score (nSPS) is 11.3. The lowest BCUT2D eigenvalue weighted by atomic mass is 10.2. The van der Waals surface area contributed by atoms with Crippen molar-refractivity contribution in [2.45, 2.75) is 20.4 Å². The smallest absolute Gasteiger partial charge is 0.229 e. The summed E-state index contributed by atoms with van der Waals surface area (Å²) in [4.78, 5) is 5.52. The van der Waals surface area contributed by atoms with Crippen molar-refractivity contribution in [1.29, 1.82) is 0 Å². The summed E-state index contributed by atoms with van der Waals surface area (Å²) in [5.41, 5.74) is 2.31. The Kier molecular flexibility index (Phi) is 4.29. The monoisotopic (exact) mass is 311 g/mol. The summed E-state index contributed by atoms with van der Waals surface area (Å²) in [5.74, 6) is 0. The van der Waals surface area contributed by atoms with Crippen LogP contribution in [0.3, 0.4) is 0 Å². The minimum Gasteiger partial charge on any atom is -0.378 e. The van der Waals surface area contributed by atoms with Crippen LogP contribution in [-0.4, -0.2) is 19.7 Å². The van der Waals surface area contributed by atoms with Gasteiger partial charge in [0.05, 0.1) is 34.9 Å². The number of sulfonamides is 1. The van der Waals surface area contributed by atoms with Crippen LogP contribution in [0.15, 0.2) is 24.3 Å². The maximum Gasteiger partial charge on any atom is 0.229 e. The zero-order chi connectivity index (χ0) is 14.8. The Labute approximate surface area is 123 Å². The second-order valence-corrected chi connectivity index (χ2v) is 7.55. The highest BCUT2D eigenvalue weighted by molar-refractivity contribution is 7.92. The van der Waals surface area contributed by atoms with Crippen molar-refractivity contribution < 1.29 is 8.42 Å². The third kappa shape index (κ3) is 3.94. The minimum absolute atomic E-state index is 0.550. The summed E-state index contributed by atoms with van der Waals surface area (Å²) in [6.45, 7) is 4.57. The molecule has 2 N–H and O–H groups in total. The molecule has 0 saturated carbocycles. The summed E-state index contributed by atoms with van der Waals surface area (Å²) >= 11 is 1.64. The Balaban J connectivity index is 2.15. The van der Waals surface area contributed by atoms with Crippen LogP contribution < -0.4 is 10.0 Å². The molecule has 0 fully saturated rings. The molecule has 0 aliphatic heterocycles. The number of thiazole rings is 1. The Morgan fingerprint density at radius 3 is 2.40 bits per heavy atom. The van der Waals surface area contributed by atoms with Gasteiger partial charge in [0, 0.05) is 4.88 Å². The van der Waals surface area contributed by atoms with Crippen LogP contribution in [0.1, 0.15) is 15.6 Å². The molecule has 2 rings (SSSR count). The molecule has 0 bridgehead atoms. The van der Waals surface area contributed by atoms with Crippen LogP contribution in [0.25, 0.3) is 0 Å². The molecule has 2 aromatic rings. The molecule has 7 heteroatoms. The van der Waals surface area contributed by atoms with E-state index in [9.17, 15) is 8.42 Å². The van der Waals surface area contributed by atoms with E-state index in [4.69, 9.17) is 0 Å². The molecule has 0 atom stereocenters. The van der Waals surface area contributed by atoms with Gasteiger partial charge in [0.25, 0.3) is 0 Å². The molecule has 0 aliphatic carbocycles. The first kappa shape index (κ1) is 14.8. The molecule has 108 valence electrons. The molecule has 5 nitrogen and oxygen atoms in total. The number of benzene rings is 1. The van der Waals surface area contributed by atoms with E-state index < -0.39 is 10.0 Å². The highest BCUT2D eigenvalue weighted by atomic mass is 32.2. The second-order valence-electron chi connectivity index (χ2n) is 4.51. The number of rotatable bonds is 5. The van der Waals surface area contributed by atoms with Gasteiger partial charge in [-0.05, 0) is 26.0 Å². The van der Waals surface area contributed by atoms with Crippen LogP contribution in [0, 0.1) is 13.8 Å². The first-order valence-electron chi connectivity index (χ1n) is 6.09. The van der Waals surface area contributed by atoms with Gasteiger partial charge in [-0.2, -0.15) is 0 Å². The van der Waals surface area contributed by atoms with Gasteiger partial charge in [-0.1, -0.05) is 12.1 Å². The first-order chi connectivity index (χ1) is 9.35. The van der Waals surface area contributed by atoms with E-state index in [0.29, 0.717) is 12.2 Å². The summed E-state index contributed by atoms with van der Waals surface area (Å²) < 4.78 is 25.2. The first-order valence-corrected chi connectivity index (χ1v) is 8.79. The van der Waals surface area contributed by atoms with Gasteiger partial charge < -0.3 is 5.32 Å². The largest absolute Gasteiger partial charge is 0.378 e. The molecule has 20 heavy (non-hydrogen) atoms. The van der Waals surface area contributed by atoms with Crippen LogP contribution in [0.5, 0.6) is 0 Å². The molecule has 0 spiro atoms. The van der Waals surface area contributed by atoms with Gasteiger partial charge in [0.1, 0.15) is 0 Å². The van der Waals surface area contributed by atoms with E-state index in [-0.39, 0.29) is 0 Å². The van der Waals surface area contributed by atoms with Crippen molar-refractivity contribution in [3.05, 3.63) is 39.8 Å². The standard InChI is InChI=1S/C13H17N3O2S2/c1-9-13(19-10(2)15-9)8-14-11-6-4-5-7-12(11)16-20(3,17)18/h4-7,14,16H,8H2,1-3H3. The number of anilines is 2. The summed E-state index contributed by atoms with van der Waals surface area (Å²) in [5, 5.41) is 4.28. The van der Waals surface area contributed by atoms with Crippen LogP contribution >= 0.6 is 11.3 Å². The third-order valence-electron chi connectivity index (χ3n) is 2.66. The number of hydrogen-bond donors (Lipinski definition) is 2. The molecule has 1 aromatic heterocycles. The lowest BCUT2D eigenvalue weighted by molar-refractivity contribution is 0.607. The predicted octanol–water partition coefficient (Wildman–Crippen LogP) is 2.74. The topological polar surface area (TPSA) is 71.1 Å². The van der Waals surface area contributed by atoms with Crippen molar-refractivity contribution in [1.82, 2.24) is 4.98 Å². The van der Waals surface area contributed by atoms with E-state index in [1.54, 1.807) is 23.5 Å². The van der Waals surface area contributed by atoms with E-state index in [2.05, 4.69) is 15.0 Å². The van der Waals surface area contributed by atoms with Gasteiger partial charge >= 0.3 is 0 Å². The van der Waals surface area contributed by atoms with Crippen molar-refractivity contribution in [2.24, 2.45) is 0 Å². The molecule has 0 saturated heterocycles. The zero-order valence-corrected chi connectivity index (χ0v) is 13.2. The number of nitrogens with zero attached hydrogens (tertiary/aromatic N) is 1. The maximum atomic E-state index is 11.3. The Morgan fingerprint density at radius 2 is 1.85 bits per heavy atom. The van der Waals surface area contributed by atoms with Crippen LogP contribution in [-0.2, 0) is 16.6 Å². The highest BCUT2D eigenvalue weighted by Crippen LogP contribution is 2.24. The molecular weight excluding hydrogens is 294 g/mol. The Morgan fingerprint density at radius 1 is 1.20 bits per heavy atom. The quantitative estimate of drug-likeness (QED) is 0.890. The fourth-order valence-electron chi connectivity index (χ4n) is 1.84. The number of nitrogens with one attached hydrogen (secondary N) is 2. The molecule has 0 unspecified atom stereocenters. The summed E-state index contributed by atoms with van der Waals surface area (Å²) in [6, 6.07) is 7.23. The summed E-state index contributed by atoms with van der Waals surface area (Å²) in [7, 11) is -3.29. The van der Waals surface area contributed by atoms with E-state index in [1.807, 2.05) is 26.0 Å². The fraction of sp³-hybridized carbons (Fsp3) is 0.308. The number of aromatic nitrogens is 1. The predicted molar refractivity (Wildman–Crippen MR) is 83.8 cm³/mol. The third-order valence-corrected chi connectivity index (χ3v) is 4.32. The van der Waals surface area contributed by atoms with Gasteiger partial charge in [-0.3, -0.25) is 4.72 Å².